The highest BCUT2D eigenvalue weighted by Gasteiger charge is 2.16. The molecule has 0 atom stereocenters. The molecular formula is C10H9N3O3. The number of carboxylic acids is 1. The minimum Gasteiger partial charge on any atom is -0.476 e. The van der Waals surface area contributed by atoms with Gasteiger partial charge in [-0.1, -0.05) is 6.07 Å². The van der Waals surface area contributed by atoms with Gasteiger partial charge in [-0.25, -0.2) is 4.79 Å². The van der Waals surface area contributed by atoms with E-state index in [0.29, 0.717) is 16.6 Å². The summed E-state index contributed by atoms with van der Waals surface area (Å²) in [6, 6.07) is 5.03. The maximum atomic E-state index is 11.0. The average Bonchev–Trinajstić information content (AvgIpc) is 2.61. The number of amides is 1. The second-order valence-corrected chi connectivity index (χ2v) is 3.29. The number of anilines is 1. The molecule has 0 aliphatic heterocycles. The SMILES string of the molecule is CC(=O)Nc1cccc2[nH]nc(C(=O)O)c12. The molecule has 1 amide bonds. The number of aromatic amines is 1. The van der Waals surface area contributed by atoms with Crippen LogP contribution < -0.4 is 5.32 Å². The average molecular weight is 219 g/mol. The van der Waals surface area contributed by atoms with Crippen molar-refractivity contribution in [2.75, 3.05) is 5.32 Å². The Bertz CT molecular complexity index is 574. The minimum atomic E-state index is -1.14. The summed E-state index contributed by atoms with van der Waals surface area (Å²) in [5.74, 6) is -1.39. The molecule has 1 aromatic heterocycles. The fourth-order valence-corrected chi connectivity index (χ4v) is 1.52. The highest BCUT2D eigenvalue weighted by molar-refractivity contribution is 6.09. The van der Waals surface area contributed by atoms with Crippen molar-refractivity contribution in [3.8, 4) is 0 Å². The van der Waals surface area contributed by atoms with E-state index in [1.165, 1.54) is 6.92 Å². The lowest BCUT2D eigenvalue weighted by atomic mass is 10.1. The third kappa shape index (κ3) is 1.60. The van der Waals surface area contributed by atoms with Gasteiger partial charge in [-0.3, -0.25) is 9.89 Å². The predicted molar refractivity (Wildman–Crippen MR) is 57.4 cm³/mol. The van der Waals surface area contributed by atoms with Crippen LogP contribution in [0.5, 0.6) is 0 Å². The van der Waals surface area contributed by atoms with Crippen LogP contribution in [0.2, 0.25) is 0 Å². The lowest BCUT2D eigenvalue weighted by Gasteiger charge is -2.03. The van der Waals surface area contributed by atoms with E-state index in [2.05, 4.69) is 15.5 Å². The van der Waals surface area contributed by atoms with Gasteiger partial charge in [-0.2, -0.15) is 5.10 Å². The van der Waals surface area contributed by atoms with Gasteiger partial charge in [-0.15, -0.1) is 0 Å². The third-order valence-electron chi connectivity index (χ3n) is 2.10. The van der Waals surface area contributed by atoms with E-state index in [4.69, 9.17) is 5.11 Å². The second kappa shape index (κ2) is 3.65. The van der Waals surface area contributed by atoms with Crippen molar-refractivity contribution in [2.45, 2.75) is 6.92 Å². The first-order valence-corrected chi connectivity index (χ1v) is 4.57. The molecule has 82 valence electrons. The Morgan fingerprint density at radius 3 is 2.81 bits per heavy atom. The number of carbonyl (C=O) groups is 2. The first-order chi connectivity index (χ1) is 7.59. The zero-order chi connectivity index (χ0) is 11.7. The summed E-state index contributed by atoms with van der Waals surface area (Å²) in [5.41, 5.74) is 0.916. The number of aromatic carboxylic acids is 1. The molecule has 0 unspecified atom stereocenters. The lowest BCUT2D eigenvalue weighted by molar-refractivity contribution is -0.114. The number of benzene rings is 1. The summed E-state index contributed by atoms with van der Waals surface area (Å²) in [4.78, 5) is 21.9. The Labute approximate surface area is 90.3 Å². The third-order valence-corrected chi connectivity index (χ3v) is 2.10. The van der Waals surface area contributed by atoms with Crippen molar-refractivity contribution in [3.63, 3.8) is 0 Å². The zero-order valence-corrected chi connectivity index (χ0v) is 8.44. The van der Waals surface area contributed by atoms with Crippen LogP contribution in [0.25, 0.3) is 10.9 Å². The Balaban J connectivity index is 2.68. The molecule has 1 aromatic carbocycles. The van der Waals surface area contributed by atoms with Gasteiger partial charge in [0.05, 0.1) is 16.6 Å². The molecule has 6 heteroatoms. The van der Waals surface area contributed by atoms with Crippen molar-refractivity contribution < 1.29 is 14.7 Å². The minimum absolute atomic E-state index is 0.0978. The van der Waals surface area contributed by atoms with Gasteiger partial charge in [0.15, 0.2) is 5.69 Å². The molecule has 0 saturated heterocycles. The summed E-state index contributed by atoms with van der Waals surface area (Å²) in [6.45, 7) is 1.36. The topological polar surface area (TPSA) is 95.1 Å². The molecule has 16 heavy (non-hydrogen) atoms. The van der Waals surface area contributed by atoms with Crippen LogP contribution >= 0.6 is 0 Å². The molecule has 0 radical (unpaired) electrons. The molecular weight excluding hydrogens is 210 g/mol. The van der Waals surface area contributed by atoms with Crippen LogP contribution in [-0.4, -0.2) is 27.2 Å². The van der Waals surface area contributed by atoms with Crippen molar-refractivity contribution in [3.05, 3.63) is 23.9 Å². The van der Waals surface area contributed by atoms with E-state index in [1.54, 1.807) is 18.2 Å². The number of nitrogens with zero attached hydrogens (tertiary/aromatic N) is 1. The van der Waals surface area contributed by atoms with E-state index in [0.717, 1.165) is 0 Å². The molecule has 0 aliphatic rings. The Morgan fingerprint density at radius 1 is 1.44 bits per heavy atom. The highest BCUT2D eigenvalue weighted by Crippen LogP contribution is 2.25. The summed E-state index contributed by atoms with van der Waals surface area (Å²) < 4.78 is 0. The maximum Gasteiger partial charge on any atom is 0.357 e. The fraction of sp³-hybridized carbons (Fsp3) is 0.100. The number of nitrogens with one attached hydrogen (secondary N) is 2. The summed E-state index contributed by atoms with van der Waals surface area (Å²) in [6.07, 6.45) is 0. The van der Waals surface area contributed by atoms with Crippen LogP contribution in [0.15, 0.2) is 18.2 Å². The van der Waals surface area contributed by atoms with Gasteiger partial charge < -0.3 is 10.4 Å². The van der Waals surface area contributed by atoms with Gasteiger partial charge in [0.2, 0.25) is 5.91 Å². The molecule has 0 bridgehead atoms. The Morgan fingerprint density at radius 2 is 2.19 bits per heavy atom. The number of hydrogen-bond acceptors (Lipinski definition) is 3. The monoisotopic (exact) mass is 219 g/mol. The van der Waals surface area contributed by atoms with Gasteiger partial charge in [0, 0.05) is 6.92 Å². The van der Waals surface area contributed by atoms with Crippen LogP contribution in [-0.2, 0) is 4.79 Å². The van der Waals surface area contributed by atoms with E-state index < -0.39 is 5.97 Å². The molecule has 0 spiro atoms. The number of H-pyrrole nitrogens is 1. The number of hydrogen-bond donors (Lipinski definition) is 3. The maximum absolute atomic E-state index is 11.0. The van der Waals surface area contributed by atoms with Gasteiger partial charge in [0.1, 0.15) is 0 Å². The summed E-state index contributed by atoms with van der Waals surface area (Å²) in [5, 5.41) is 18.2. The van der Waals surface area contributed by atoms with Crippen LogP contribution in [0.3, 0.4) is 0 Å². The summed E-state index contributed by atoms with van der Waals surface area (Å²) >= 11 is 0. The fourth-order valence-electron chi connectivity index (χ4n) is 1.52. The van der Waals surface area contributed by atoms with E-state index >= 15 is 0 Å². The molecule has 6 nitrogen and oxygen atoms in total. The van der Waals surface area contributed by atoms with E-state index in [9.17, 15) is 9.59 Å². The number of carbonyl (C=O) groups excluding carboxylic acids is 1. The largest absolute Gasteiger partial charge is 0.476 e. The van der Waals surface area contributed by atoms with Crippen LogP contribution in [0.4, 0.5) is 5.69 Å². The molecule has 0 saturated carbocycles. The Hall–Kier alpha value is -2.37. The van der Waals surface area contributed by atoms with Gasteiger partial charge in [-0.05, 0) is 12.1 Å². The van der Waals surface area contributed by atoms with Gasteiger partial charge >= 0.3 is 5.97 Å². The van der Waals surface area contributed by atoms with E-state index in [-0.39, 0.29) is 11.6 Å². The smallest absolute Gasteiger partial charge is 0.357 e. The standard InChI is InChI=1S/C10H9N3O3/c1-5(14)11-6-3-2-4-7-8(6)9(10(15)16)13-12-7/h2-4H,1H3,(H,11,14)(H,12,13)(H,15,16). The first-order valence-electron chi connectivity index (χ1n) is 4.57. The van der Waals surface area contributed by atoms with Crippen molar-refractivity contribution in [1.82, 2.24) is 10.2 Å². The first kappa shape index (κ1) is 10.2. The van der Waals surface area contributed by atoms with Crippen molar-refractivity contribution >= 4 is 28.5 Å². The summed E-state index contributed by atoms with van der Waals surface area (Å²) in [7, 11) is 0. The molecule has 2 aromatic rings. The van der Waals surface area contributed by atoms with Gasteiger partial charge in [0.25, 0.3) is 0 Å². The number of aromatic nitrogens is 2. The Kier molecular flexibility index (Phi) is 2.32. The molecule has 3 N–H and O–H groups in total. The predicted octanol–water partition coefficient (Wildman–Crippen LogP) is 1.22. The van der Waals surface area contributed by atoms with Crippen molar-refractivity contribution in [1.29, 1.82) is 0 Å². The second-order valence-electron chi connectivity index (χ2n) is 3.29. The van der Waals surface area contributed by atoms with E-state index in [1.807, 2.05) is 0 Å². The number of carboxylic acid groups (broad SMARTS) is 1. The molecule has 1 heterocycles. The number of fused-ring (bicyclic) bond motifs is 1. The molecule has 0 fully saturated rings. The molecule has 0 aliphatic carbocycles. The normalized spacial score (nSPS) is 10.3. The quantitative estimate of drug-likeness (QED) is 0.707. The van der Waals surface area contributed by atoms with Crippen molar-refractivity contribution in [2.24, 2.45) is 0 Å². The number of rotatable bonds is 2. The lowest BCUT2D eigenvalue weighted by Crippen LogP contribution is -2.07. The highest BCUT2D eigenvalue weighted by atomic mass is 16.4. The zero-order valence-electron chi connectivity index (χ0n) is 8.44. The van der Waals surface area contributed by atoms with Crippen LogP contribution in [0, 0.1) is 0 Å². The molecule has 2 rings (SSSR count). The van der Waals surface area contributed by atoms with Crippen LogP contribution in [0.1, 0.15) is 17.4 Å².